The number of nitrogens with zero attached hydrogens (tertiary/aromatic N) is 1. The number of halogens is 3. The number of aromatic amines is 1. The fraction of sp³-hybridized carbons (Fsp3) is 0.129. The lowest BCUT2D eigenvalue weighted by atomic mass is 9.94. The molecule has 0 bridgehead atoms. The van der Waals surface area contributed by atoms with Gasteiger partial charge < -0.3 is 16.0 Å². The maximum atomic E-state index is 14.2. The van der Waals surface area contributed by atoms with Crippen molar-refractivity contribution in [3.8, 4) is 11.1 Å². The van der Waals surface area contributed by atoms with Gasteiger partial charge in [0.15, 0.2) is 9.84 Å². The van der Waals surface area contributed by atoms with Gasteiger partial charge in [-0.2, -0.15) is 0 Å². The third-order valence-electron chi connectivity index (χ3n) is 6.93. The molecule has 2 amide bonds. The number of carbonyl (C=O) groups is 2. The molecule has 43 heavy (non-hydrogen) atoms. The van der Waals surface area contributed by atoms with Crippen LogP contribution in [0, 0.1) is 17.5 Å². The highest BCUT2D eigenvalue weighted by molar-refractivity contribution is 7.90. The number of aromatic nitrogens is 2. The Bertz CT molecular complexity index is 1970. The summed E-state index contributed by atoms with van der Waals surface area (Å²) < 4.78 is 66.6. The van der Waals surface area contributed by atoms with E-state index in [9.17, 15) is 31.2 Å². The van der Waals surface area contributed by atoms with E-state index < -0.39 is 45.1 Å². The van der Waals surface area contributed by atoms with E-state index >= 15 is 0 Å². The van der Waals surface area contributed by atoms with E-state index in [4.69, 9.17) is 5.73 Å². The number of benzene rings is 3. The average Bonchev–Trinajstić information content (AvgIpc) is 3.33. The molecule has 2 aromatic heterocycles. The summed E-state index contributed by atoms with van der Waals surface area (Å²) in [6.07, 6.45) is 3.93. The molecule has 220 valence electrons. The van der Waals surface area contributed by atoms with Gasteiger partial charge in [-0.05, 0) is 71.6 Å². The highest BCUT2D eigenvalue weighted by atomic mass is 32.2. The smallest absolute Gasteiger partial charge is 0.251 e. The number of fused-ring (bicyclic) bond motifs is 1. The van der Waals surface area contributed by atoms with Crippen LogP contribution >= 0.6 is 0 Å². The second kappa shape index (κ2) is 11.7. The quantitative estimate of drug-likeness (QED) is 0.222. The van der Waals surface area contributed by atoms with Gasteiger partial charge in [0.05, 0.1) is 28.6 Å². The first kappa shape index (κ1) is 29.5. The third kappa shape index (κ3) is 6.59. The highest BCUT2D eigenvalue weighted by Crippen LogP contribution is 2.31. The summed E-state index contributed by atoms with van der Waals surface area (Å²) in [5.41, 5.74) is 7.50. The Labute approximate surface area is 244 Å². The van der Waals surface area contributed by atoms with E-state index in [0.29, 0.717) is 33.3 Å². The number of sulfone groups is 1. The number of pyridine rings is 1. The zero-order chi connectivity index (χ0) is 30.9. The van der Waals surface area contributed by atoms with Crippen LogP contribution in [0.2, 0.25) is 0 Å². The Morgan fingerprint density at radius 3 is 2.44 bits per heavy atom. The van der Waals surface area contributed by atoms with Crippen LogP contribution in [-0.2, 0) is 27.5 Å². The van der Waals surface area contributed by atoms with Crippen LogP contribution in [0.15, 0.2) is 84.0 Å². The summed E-state index contributed by atoms with van der Waals surface area (Å²) in [7, 11) is -3.49. The SMILES string of the molecule is CS(=O)(=O)c1ccc2[nH]cc(CC(=O)N[C@@H](Cc3cc(F)cc(F)c3)c3ncccc3-c3ccc(F)c(C(N)=O)c3)c2c1. The molecule has 0 fully saturated rings. The molecular weight excluding hydrogens is 581 g/mol. The van der Waals surface area contributed by atoms with Crippen molar-refractivity contribution in [3.63, 3.8) is 0 Å². The van der Waals surface area contributed by atoms with Crippen LogP contribution in [0.3, 0.4) is 0 Å². The van der Waals surface area contributed by atoms with Crippen molar-refractivity contribution < 1.29 is 31.2 Å². The molecule has 0 spiro atoms. The molecular formula is C31H25F3N4O4S. The lowest BCUT2D eigenvalue weighted by Crippen LogP contribution is -2.32. The van der Waals surface area contributed by atoms with Crippen molar-refractivity contribution in [1.29, 1.82) is 0 Å². The van der Waals surface area contributed by atoms with Crippen molar-refractivity contribution >= 4 is 32.6 Å². The summed E-state index contributed by atoms with van der Waals surface area (Å²) in [5, 5.41) is 3.43. The average molecular weight is 607 g/mol. The third-order valence-corrected chi connectivity index (χ3v) is 8.04. The predicted octanol–water partition coefficient (Wildman–Crippen LogP) is 4.79. The highest BCUT2D eigenvalue weighted by Gasteiger charge is 2.23. The van der Waals surface area contributed by atoms with Crippen molar-refractivity contribution in [2.24, 2.45) is 5.73 Å². The van der Waals surface area contributed by atoms with Gasteiger partial charge in [0.1, 0.15) is 17.5 Å². The van der Waals surface area contributed by atoms with E-state index in [1.165, 1.54) is 30.5 Å². The summed E-state index contributed by atoms with van der Waals surface area (Å²) in [5.74, 6) is -3.86. The maximum absolute atomic E-state index is 14.2. The monoisotopic (exact) mass is 606 g/mol. The minimum Gasteiger partial charge on any atom is -0.366 e. The van der Waals surface area contributed by atoms with Crippen LogP contribution < -0.4 is 11.1 Å². The van der Waals surface area contributed by atoms with Gasteiger partial charge >= 0.3 is 0 Å². The molecule has 5 aromatic rings. The molecule has 0 aliphatic heterocycles. The number of hydrogen-bond donors (Lipinski definition) is 3. The molecule has 1 atom stereocenters. The van der Waals surface area contributed by atoms with Gasteiger partial charge in [-0.25, -0.2) is 21.6 Å². The molecule has 0 saturated carbocycles. The van der Waals surface area contributed by atoms with Crippen LogP contribution in [0.1, 0.15) is 33.2 Å². The molecule has 4 N–H and O–H groups in total. The number of nitrogens with one attached hydrogen (secondary N) is 2. The predicted molar refractivity (Wildman–Crippen MR) is 154 cm³/mol. The Morgan fingerprint density at radius 1 is 1.00 bits per heavy atom. The lowest BCUT2D eigenvalue weighted by molar-refractivity contribution is -0.121. The molecule has 2 heterocycles. The van der Waals surface area contributed by atoms with Crippen LogP contribution in [0.5, 0.6) is 0 Å². The Hall–Kier alpha value is -4.97. The molecule has 5 rings (SSSR count). The van der Waals surface area contributed by atoms with E-state index in [1.807, 2.05) is 0 Å². The first-order valence-electron chi connectivity index (χ1n) is 13.0. The van der Waals surface area contributed by atoms with Crippen molar-refractivity contribution in [2.45, 2.75) is 23.8 Å². The number of H-pyrrole nitrogens is 1. The van der Waals surface area contributed by atoms with Gasteiger partial charge in [-0.1, -0.05) is 12.1 Å². The molecule has 8 nitrogen and oxygen atoms in total. The van der Waals surface area contributed by atoms with Gasteiger partial charge in [0, 0.05) is 41.2 Å². The van der Waals surface area contributed by atoms with Crippen LogP contribution in [0.4, 0.5) is 13.2 Å². The topological polar surface area (TPSA) is 135 Å². The standard InChI is InChI=1S/C31H25F3N4O4S/c1-43(41,42)22-5-7-27-24(15-22)19(16-37-27)13-29(39)38-28(11-17-9-20(32)14-21(33)10-17)30-23(3-2-8-36-30)18-4-6-26(34)25(12-18)31(35)40/h2-10,12,14-16,28,37H,11,13H2,1H3,(H2,35,40)(H,38,39)/t28-/m0/s1. The van der Waals surface area contributed by atoms with Crippen LogP contribution in [-0.4, -0.2) is 36.5 Å². The van der Waals surface area contributed by atoms with Gasteiger partial charge in [0.2, 0.25) is 5.91 Å². The lowest BCUT2D eigenvalue weighted by Gasteiger charge is -2.22. The molecule has 0 unspecified atom stereocenters. The number of amides is 2. The van der Waals surface area contributed by atoms with Gasteiger partial charge in [-0.15, -0.1) is 0 Å². The Kier molecular flexibility index (Phi) is 8.05. The zero-order valence-corrected chi connectivity index (χ0v) is 23.5. The summed E-state index contributed by atoms with van der Waals surface area (Å²) in [6, 6.07) is 13.7. The minimum absolute atomic E-state index is 0.0690. The van der Waals surface area contributed by atoms with Crippen molar-refractivity contribution in [2.75, 3.05) is 6.26 Å². The van der Waals surface area contributed by atoms with Gasteiger partial charge in [-0.3, -0.25) is 14.6 Å². The zero-order valence-electron chi connectivity index (χ0n) is 22.7. The van der Waals surface area contributed by atoms with Crippen LogP contribution in [0.25, 0.3) is 22.0 Å². The van der Waals surface area contributed by atoms with E-state index in [1.54, 1.807) is 24.4 Å². The molecule has 0 saturated heterocycles. The minimum atomic E-state index is -3.49. The molecule has 0 aliphatic carbocycles. The largest absolute Gasteiger partial charge is 0.366 e. The van der Waals surface area contributed by atoms with E-state index in [0.717, 1.165) is 30.5 Å². The Morgan fingerprint density at radius 2 is 1.74 bits per heavy atom. The maximum Gasteiger partial charge on any atom is 0.251 e. The number of nitrogens with two attached hydrogens (primary N) is 1. The van der Waals surface area contributed by atoms with E-state index in [-0.39, 0.29) is 28.9 Å². The normalized spacial score (nSPS) is 12.3. The number of hydrogen-bond acceptors (Lipinski definition) is 5. The van der Waals surface area contributed by atoms with E-state index in [2.05, 4.69) is 15.3 Å². The number of rotatable bonds is 9. The van der Waals surface area contributed by atoms with Crippen molar-refractivity contribution in [3.05, 3.63) is 119 Å². The first-order chi connectivity index (χ1) is 20.4. The number of carbonyl (C=O) groups excluding carboxylic acids is 2. The second-order valence-corrected chi connectivity index (χ2v) is 12.1. The van der Waals surface area contributed by atoms with Crippen molar-refractivity contribution in [1.82, 2.24) is 15.3 Å². The first-order valence-corrected chi connectivity index (χ1v) is 14.9. The summed E-state index contributed by atoms with van der Waals surface area (Å²) >= 11 is 0. The summed E-state index contributed by atoms with van der Waals surface area (Å²) in [6.45, 7) is 0. The fourth-order valence-corrected chi connectivity index (χ4v) is 5.60. The van der Waals surface area contributed by atoms with Gasteiger partial charge in [0.25, 0.3) is 5.91 Å². The fourth-order valence-electron chi connectivity index (χ4n) is 4.95. The molecule has 12 heteroatoms. The Balaban J connectivity index is 1.53. The molecule has 0 aliphatic rings. The second-order valence-electron chi connectivity index (χ2n) is 10.1. The number of primary amides is 1. The molecule has 0 radical (unpaired) electrons. The summed E-state index contributed by atoms with van der Waals surface area (Å²) in [4.78, 5) is 32.8. The molecule has 3 aromatic carbocycles.